The molecule has 1 aliphatic carbocycles. The maximum absolute atomic E-state index is 12.5. The maximum Gasteiger partial charge on any atom is 0.244 e. The largest absolute Gasteiger partial charge is 0.394 e. The van der Waals surface area contributed by atoms with Crippen LogP contribution in [0.2, 0.25) is 0 Å². The molecule has 2 N–H and O–H groups in total. The molecule has 1 fully saturated rings. The van der Waals surface area contributed by atoms with Crippen LogP contribution in [0.15, 0.2) is 4.90 Å². The minimum atomic E-state index is -3.55. The lowest BCUT2D eigenvalue weighted by Crippen LogP contribution is -2.31. The first-order valence-corrected chi connectivity index (χ1v) is 8.98. The highest BCUT2D eigenvalue weighted by Gasteiger charge is 2.42. The summed E-state index contributed by atoms with van der Waals surface area (Å²) in [5.74, 6) is 0. The predicted molar refractivity (Wildman–Crippen MR) is 80.6 cm³/mol. The van der Waals surface area contributed by atoms with Gasteiger partial charge in [-0.3, -0.25) is 4.68 Å². The van der Waals surface area contributed by atoms with E-state index in [1.807, 2.05) is 0 Å². The van der Waals surface area contributed by atoms with Gasteiger partial charge in [-0.05, 0) is 38.5 Å². The van der Waals surface area contributed by atoms with Crippen molar-refractivity contribution in [3.63, 3.8) is 0 Å². The van der Waals surface area contributed by atoms with E-state index in [1.165, 1.54) is 0 Å². The summed E-state index contributed by atoms with van der Waals surface area (Å²) in [4.78, 5) is 0.253. The summed E-state index contributed by atoms with van der Waals surface area (Å²) in [6.45, 7) is 6.29. The van der Waals surface area contributed by atoms with Gasteiger partial charge in [-0.2, -0.15) is 5.10 Å². The van der Waals surface area contributed by atoms with Crippen LogP contribution in [-0.4, -0.2) is 36.5 Å². The molecular weight excluding hydrogens is 290 g/mol. The third-order valence-electron chi connectivity index (χ3n) is 4.27. The van der Waals surface area contributed by atoms with Crippen LogP contribution in [0.1, 0.15) is 44.0 Å². The van der Waals surface area contributed by atoms with Crippen LogP contribution in [0.3, 0.4) is 0 Å². The van der Waals surface area contributed by atoms with Gasteiger partial charge in [0.2, 0.25) is 10.0 Å². The van der Waals surface area contributed by atoms with Crippen molar-refractivity contribution >= 4 is 10.0 Å². The van der Waals surface area contributed by atoms with Crippen LogP contribution >= 0.6 is 0 Å². The minimum Gasteiger partial charge on any atom is -0.394 e. The molecule has 7 heteroatoms. The first-order chi connectivity index (χ1) is 9.85. The summed E-state index contributed by atoms with van der Waals surface area (Å²) >= 11 is 0. The van der Waals surface area contributed by atoms with E-state index in [0.717, 1.165) is 25.7 Å². The third kappa shape index (κ3) is 3.46. The smallest absolute Gasteiger partial charge is 0.244 e. The van der Waals surface area contributed by atoms with Gasteiger partial charge < -0.3 is 5.11 Å². The predicted octanol–water partition coefficient (Wildman–Crippen LogP) is 1.35. The van der Waals surface area contributed by atoms with E-state index in [0.29, 0.717) is 24.5 Å². The topological polar surface area (TPSA) is 84.2 Å². The zero-order valence-electron chi connectivity index (χ0n) is 13.0. The Morgan fingerprint density at radius 2 is 2.05 bits per heavy atom. The second kappa shape index (κ2) is 6.06. The number of rotatable bonds is 8. The number of aliphatic hydroxyl groups excluding tert-OH is 1. The Labute approximate surface area is 126 Å². The molecule has 1 aromatic rings. The number of nitrogens with one attached hydrogen (secondary N) is 1. The standard InChI is InChI=1S/C14H25N3O3S/c1-4-5-14(6-7-14)10-15-21(19,20)13-11(2)16-17(8-9-18)12(13)3/h15,18H,4-10H2,1-3H3. The summed E-state index contributed by atoms with van der Waals surface area (Å²) in [6.07, 6.45) is 4.35. The molecule has 21 heavy (non-hydrogen) atoms. The molecule has 0 radical (unpaired) electrons. The molecule has 1 aromatic heterocycles. The minimum absolute atomic E-state index is 0.0610. The third-order valence-corrected chi connectivity index (χ3v) is 5.92. The van der Waals surface area contributed by atoms with Crippen LogP contribution < -0.4 is 4.72 Å². The Morgan fingerprint density at radius 1 is 1.38 bits per heavy atom. The molecule has 0 spiro atoms. The summed E-state index contributed by atoms with van der Waals surface area (Å²) in [6, 6.07) is 0. The quantitative estimate of drug-likeness (QED) is 0.758. The van der Waals surface area contributed by atoms with Crippen molar-refractivity contribution in [2.75, 3.05) is 13.2 Å². The molecule has 1 saturated carbocycles. The van der Waals surface area contributed by atoms with Crippen molar-refractivity contribution in [1.82, 2.24) is 14.5 Å². The Hall–Kier alpha value is -0.920. The molecule has 120 valence electrons. The molecular formula is C14H25N3O3S. The van der Waals surface area contributed by atoms with E-state index >= 15 is 0 Å². The lowest BCUT2D eigenvalue weighted by Gasteiger charge is -2.15. The van der Waals surface area contributed by atoms with E-state index in [9.17, 15) is 8.42 Å². The van der Waals surface area contributed by atoms with Crippen molar-refractivity contribution in [3.8, 4) is 0 Å². The molecule has 2 rings (SSSR count). The average molecular weight is 315 g/mol. The van der Waals surface area contributed by atoms with Gasteiger partial charge in [0.1, 0.15) is 4.90 Å². The Kier molecular flexibility index (Phi) is 4.75. The number of hydrogen-bond donors (Lipinski definition) is 2. The zero-order valence-corrected chi connectivity index (χ0v) is 13.8. The van der Waals surface area contributed by atoms with E-state index in [4.69, 9.17) is 5.11 Å². The van der Waals surface area contributed by atoms with Crippen LogP contribution in [0.4, 0.5) is 0 Å². The van der Waals surface area contributed by atoms with Crippen LogP contribution in [0, 0.1) is 19.3 Å². The SMILES string of the molecule is CCCC1(CNS(=O)(=O)c2c(C)nn(CCO)c2C)CC1. The summed E-state index contributed by atoms with van der Waals surface area (Å²) in [5.41, 5.74) is 1.23. The van der Waals surface area contributed by atoms with Gasteiger partial charge in [-0.25, -0.2) is 13.1 Å². The summed E-state index contributed by atoms with van der Waals surface area (Å²) < 4.78 is 29.4. The van der Waals surface area contributed by atoms with Crippen LogP contribution in [-0.2, 0) is 16.6 Å². The molecule has 0 amide bonds. The fourth-order valence-corrected chi connectivity index (χ4v) is 4.49. The molecule has 0 bridgehead atoms. The lowest BCUT2D eigenvalue weighted by atomic mass is 10.0. The monoisotopic (exact) mass is 315 g/mol. The highest BCUT2D eigenvalue weighted by atomic mass is 32.2. The second-order valence-corrected chi connectivity index (χ2v) is 7.73. The molecule has 1 aliphatic rings. The highest BCUT2D eigenvalue weighted by molar-refractivity contribution is 7.89. The fraction of sp³-hybridized carbons (Fsp3) is 0.786. The van der Waals surface area contributed by atoms with Crippen molar-refractivity contribution in [3.05, 3.63) is 11.4 Å². The van der Waals surface area contributed by atoms with Crippen LogP contribution in [0.25, 0.3) is 0 Å². The lowest BCUT2D eigenvalue weighted by molar-refractivity contribution is 0.267. The van der Waals surface area contributed by atoms with Crippen LogP contribution in [0.5, 0.6) is 0 Å². The van der Waals surface area contributed by atoms with E-state index < -0.39 is 10.0 Å². The Morgan fingerprint density at radius 3 is 2.57 bits per heavy atom. The molecule has 6 nitrogen and oxygen atoms in total. The van der Waals surface area contributed by atoms with Gasteiger partial charge >= 0.3 is 0 Å². The molecule has 0 atom stereocenters. The Balaban J connectivity index is 2.16. The second-order valence-electron chi connectivity index (χ2n) is 6.02. The number of sulfonamides is 1. The van der Waals surface area contributed by atoms with Crippen molar-refractivity contribution in [1.29, 1.82) is 0 Å². The van der Waals surface area contributed by atoms with Gasteiger partial charge in [-0.15, -0.1) is 0 Å². The first kappa shape index (κ1) is 16.5. The van der Waals surface area contributed by atoms with Crippen molar-refractivity contribution in [2.24, 2.45) is 5.41 Å². The normalized spacial score (nSPS) is 17.1. The van der Waals surface area contributed by atoms with Crippen molar-refractivity contribution in [2.45, 2.75) is 57.9 Å². The number of nitrogens with zero attached hydrogens (tertiary/aromatic N) is 2. The van der Waals surface area contributed by atoms with Gasteiger partial charge in [0.05, 0.1) is 24.5 Å². The number of aromatic nitrogens is 2. The summed E-state index contributed by atoms with van der Waals surface area (Å²) in [5, 5.41) is 13.2. The Bertz CT molecular complexity index is 603. The molecule has 1 heterocycles. The zero-order chi connectivity index (χ0) is 15.7. The molecule has 0 unspecified atom stereocenters. The van der Waals surface area contributed by atoms with E-state index in [2.05, 4.69) is 16.7 Å². The van der Waals surface area contributed by atoms with Gasteiger partial charge in [0.25, 0.3) is 0 Å². The maximum atomic E-state index is 12.5. The first-order valence-electron chi connectivity index (χ1n) is 7.50. The molecule has 0 saturated heterocycles. The summed E-state index contributed by atoms with van der Waals surface area (Å²) in [7, 11) is -3.55. The van der Waals surface area contributed by atoms with Gasteiger partial charge in [0, 0.05) is 6.54 Å². The highest BCUT2D eigenvalue weighted by Crippen LogP contribution is 2.49. The van der Waals surface area contributed by atoms with Gasteiger partial charge in [-0.1, -0.05) is 13.3 Å². The van der Waals surface area contributed by atoms with E-state index in [-0.39, 0.29) is 16.9 Å². The van der Waals surface area contributed by atoms with E-state index in [1.54, 1.807) is 18.5 Å². The average Bonchev–Trinajstić information content (AvgIpc) is 3.10. The fourth-order valence-electron chi connectivity index (χ4n) is 2.92. The van der Waals surface area contributed by atoms with Gasteiger partial charge in [0.15, 0.2) is 0 Å². The molecule has 0 aliphatic heterocycles. The number of hydrogen-bond acceptors (Lipinski definition) is 4. The number of aryl methyl sites for hydroxylation is 1. The number of aliphatic hydroxyl groups is 1. The molecule has 0 aromatic carbocycles. The van der Waals surface area contributed by atoms with Crippen molar-refractivity contribution < 1.29 is 13.5 Å².